The molecule has 2 aliphatic heterocycles. The molecule has 3 nitrogen and oxygen atoms in total. The van der Waals surface area contributed by atoms with Gasteiger partial charge in [0.25, 0.3) is 0 Å². The Kier molecular flexibility index (Phi) is 3.39. The van der Waals surface area contributed by atoms with Crippen LogP contribution in [0, 0.1) is 6.92 Å². The summed E-state index contributed by atoms with van der Waals surface area (Å²) < 4.78 is 18.1. The van der Waals surface area contributed by atoms with E-state index in [-0.39, 0.29) is 23.4 Å². The molecule has 2 heterocycles. The predicted octanol–water partition coefficient (Wildman–Crippen LogP) is 3.24. The van der Waals surface area contributed by atoms with Crippen LogP contribution in [0.3, 0.4) is 0 Å². The highest BCUT2D eigenvalue weighted by atomic mass is 16.6. The van der Waals surface area contributed by atoms with E-state index in [1.807, 2.05) is 0 Å². The second-order valence-electron chi connectivity index (χ2n) is 6.60. The second-order valence-corrected chi connectivity index (χ2v) is 6.60. The molecule has 4 atom stereocenters. The lowest BCUT2D eigenvalue weighted by atomic mass is 9.79. The Morgan fingerprint density at radius 2 is 1.70 bits per heavy atom. The fraction of sp³-hybridized carbons (Fsp3) is 0.647. The second kappa shape index (κ2) is 4.83. The van der Waals surface area contributed by atoms with Crippen molar-refractivity contribution in [2.45, 2.75) is 63.6 Å². The van der Waals surface area contributed by atoms with Crippen molar-refractivity contribution >= 4 is 0 Å². The third kappa shape index (κ3) is 2.18. The molecule has 2 fully saturated rings. The first kappa shape index (κ1) is 14.1. The Balaban J connectivity index is 1.72. The molecule has 0 N–H and O–H groups in total. The van der Waals surface area contributed by atoms with Crippen LogP contribution in [0.4, 0.5) is 0 Å². The molecule has 2 aliphatic rings. The minimum absolute atomic E-state index is 0.00699. The summed E-state index contributed by atoms with van der Waals surface area (Å²) >= 11 is 0. The number of fused-ring (bicyclic) bond motifs is 2. The van der Waals surface area contributed by atoms with Crippen LogP contribution >= 0.6 is 0 Å². The van der Waals surface area contributed by atoms with E-state index in [1.165, 1.54) is 11.1 Å². The molecule has 2 bridgehead atoms. The van der Waals surface area contributed by atoms with E-state index in [4.69, 9.17) is 14.2 Å². The zero-order chi connectivity index (χ0) is 14.4. The van der Waals surface area contributed by atoms with Crippen molar-refractivity contribution in [2.24, 2.45) is 0 Å². The van der Waals surface area contributed by atoms with E-state index in [0.717, 1.165) is 12.8 Å². The normalized spacial score (nSPS) is 39.4. The molecular weight excluding hydrogens is 252 g/mol. The van der Waals surface area contributed by atoms with E-state index >= 15 is 0 Å². The molecule has 110 valence electrons. The van der Waals surface area contributed by atoms with Gasteiger partial charge in [-0.3, -0.25) is 0 Å². The number of ether oxygens (including phenoxy) is 3. The van der Waals surface area contributed by atoms with Crippen molar-refractivity contribution < 1.29 is 14.2 Å². The molecule has 0 aromatic heterocycles. The molecule has 3 rings (SSSR count). The van der Waals surface area contributed by atoms with Gasteiger partial charge in [0.2, 0.25) is 0 Å². The molecular formula is C17H24O3. The van der Waals surface area contributed by atoms with Crippen molar-refractivity contribution in [3.63, 3.8) is 0 Å². The highest BCUT2D eigenvalue weighted by Crippen LogP contribution is 2.52. The van der Waals surface area contributed by atoms with Gasteiger partial charge < -0.3 is 14.2 Å². The Morgan fingerprint density at radius 1 is 1.10 bits per heavy atom. The summed E-state index contributed by atoms with van der Waals surface area (Å²) in [7, 11) is 1.76. The topological polar surface area (TPSA) is 27.7 Å². The van der Waals surface area contributed by atoms with Gasteiger partial charge in [0, 0.05) is 7.11 Å². The van der Waals surface area contributed by atoms with Crippen molar-refractivity contribution in [2.75, 3.05) is 7.11 Å². The van der Waals surface area contributed by atoms with Gasteiger partial charge in [0.05, 0.1) is 17.8 Å². The first-order valence-corrected chi connectivity index (χ1v) is 7.37. The Bertz CT molecular complexity index is 484. The van der Waals surface area contributed by atoms with Gasteiger partial charge in [-0.15, -0.1) is 0 Å². The van der Waals surface area contributed by atoms with Gasteiger partial charge in [0.1, 0.15) is 12.2 Å². The van der Waals surface area contributed by atoms with Gasteiger partial charge in [-0.05, 0) is 39.2 Å². The first-order valence-electron chi connectivity index (χ1n) is 7.37. The van der Waals surface area contributed by atoms with Crippen molar-refractivity contribution in [3.05, 3.63) is 35.4 Å². The van der Waals surface area contributed by atoms with Gasteiger partial charge in [-0.25, -0.2) is 0 Å². The molecule has 1 aromatic rings. The standard InChI is InChI=1S/C17H24O3/c1-12-5-7-13(8-6-12)11-19-15-14(18-4)16(2)9-10-17(15,3)20-16/h5-8,14-15H,9-11H2,1-4H3/t14?,15-,16+,17-/m1/s1. The molecule has 1 unspecified atom stereocenters. The number of methoxy groups -OCH3 is 1. The summed E-state index contributed by atoms with van der Waals surface area (Å²) in [6.07, 6.45) is 2.12. The van der Waals surface area contributed by atoms with Gasteiger partial charge in [-0.1, -0.05) is 29.8 Å². The van der Waals surface area contributed by atoms with Crippen LogP contribution in [0.2, 0.25) is 0 Å². The third-order valence-corrected chi connectivity index (χ3v) is 4.87. The van der Waals surface area contributed by atoms with E-state index < -0.39 is 0 Å². The molecule has 0 aliphatic carbocycles. The van der Waals surface area contributed by atoms with E-state index in [1.54, 1.807) is 7.11 Å². The summed E-state index contributed by atoms with van der Waals surface area (Å²) in [4.78, 5) is 0. The Morgan fingerprint density at radius 3 is 2.30 bits per heavy atom. The van der Waals surface area contributed by atoms with Crippen LogP contribution in [0.1, 0.15) is 37.8 Å². The van der Waals surface area contributed by atoms with Crippen LogP contribution in [0.25, 0.3) is 0 Å². The van der Waals surface area contributed by atoms with Crippen molar-refractivity contribution in [3.8, 4) is 0 Å². The highest BCUT2D eigenvalue weighted by Gasteiger charge is 2.64. The Hall–Kier alpha value is -0.900. The van der Waals surface area contributed by atoms with Crippen molar-refractivity contribution in [1.29, 1.82) is 0 Å². The highest BCUT2D eigenvalue weighted by molar-refractivity contribution is 5.21. The van der Waals surface area contributed by atoms with E-state index in [9.17, 15) is 0 Å². The fourth-order valence-corrected chi connectivity index (χ4v) is 3.68. The minimum atomic E-state index is -0.208. The summed E-state index contributed by atoms with van der Waals surface area (Å²) in [5, 5.41) is 0. The molecule has 2 saturated heterocycles. The fourth-order valence-electron chi connectivity index (χ4n) is 3.68. The molecule has 0 saturated carbocycles. The number of rotatable bonds is 4. The molecule has 1 aromatic carbocycles. The average molecular weight is 276 g/mol. The largest absolute Gasteiger partial charge is 0.376 e. The maximum atomic E-state index is 6.22. The van der Waals surface area contributed by atoms with Crippen LogP contribution in [-0.4, -0.2) is 30.5 Å². The van der Waals surface area contributed by atoms with Crippen molar-refractivity contribution in [1.82, 2.24) is 0 Å². The SMILES string of the molecule is COC1[C@@H](OCc2ccc(C)cc2)[C@@]2(C)CC[C@]1(C)O2. The first-order chi connectivity index (χ1) is 9.47. The molecule has 3 heteroatoms. The quantitative estimate of drug-likeness (QED) is 0.845. The number of hydrogen-bond acceptors (Lipinski definition) is 3. The number of aryl methyl sites for hydroxylation is 1. The molecule has 20 heavy (non-hydrogen) atoms. The summed E-state index contributed by atoms with van der Waals surface area (Å²) in [5.41, 5.74) is 2.06. The van der Waals surface area contributed by atoms with Gasteiger partial charge >= 0.3 is 0 Å². The lowest BCUT2D eigenvalue weighted by Gasteiger charge is -2.35. The zero-order valence-corrected chi connectivity index (χ0v) is 12.8. The minimum Gasteiger partial charge on any atom is -0.376 e. The van der Waals surface area contributed by atoms with Gasteiger partial charge in [-0.2, -0.15) is 0 Å². The lowest BCUT2D eigenvalue weighted by molar-refractivity contribution is -0.0985. The summed E-state index contributed by atoms with van der Waals surface area (Å²) in [6, 6.07) is 8.48. The van der Waals surface area contributed by atoms with Crippen LogP contribution < -0.4 is 0 Å². The maximum absolute atomic E-state index is 6.22. The monoisotopic (exact) mass is 276 g/mol. The smallest absolute Gasteiger partial charge is 0.116 e. The number of benzene rings is 1. The van der Waals surface area contributed by atoms with Crippen LogP contribution in [-0.2, 0) is 20.8 Å². The molecule has 0 spiro atoms. The van der Waals surface area contributed by atoms with Crippen LogP contribution in [0.15, 0.2) is 24.3 Å². The van der Waals surface area contributed by atoms with E-state index in [2.05, 4.69) is 45.0 Å². The average Bonchev–Trinajstić information content (AvgIpc) is 2.84. The lowest BCUT2D eigenvalue weighted by Crippen LogP contribution is -2.49. The molecule has 0 amide bonds. The summed E-state index contributed by atoms with van der Waals surface area (Å²) in [5.74, 6) is 0. The van der Waals surface area contributed by atoms with Gasteiger partial charge in [0.15, 0.2) is 0 Å². The zero-order valence-electron chi connectivity index (χ0n) is 12.8. The summed E-state index contributed by atoms with van der Waals surface area (Å²) in [6.45, 7) is 7.00. The Labute approximate surface area is 121 Å². The third-order valence-electron chi connectivity index (χ3n) is 4.87. The van der Waals surface area contributed by atoms with Crippen LogP contribution in [0.5, 0.6) is 0 Å². The molecule has 0 radical (unpaired) electrons. The number of hydrogen-bond donors (Lipinski definition) is 0. The maximum Gasteiger partial charge on any atom is 0.116 e. The van der Waals surface area contributed by atoms with E-state index in [0.29, 0.717) is 6.61 Å². The predicted molar refractivity (Wildman–Crippen MR) is 77.7 cm³/mol.